The summed E-state index contributed by atoms with van der Waals surface area (Å²) in [6, 6.07) is 5.31. The number of hydrogen-bond donors (Lipinski definition) is 1. The minimum absolute atomic E-state index is 0.0207. The molecular weight excluding hydrogens is 472 g/mol. The van der Waals surface area contributed by atoms with E-state index in [0.717, 1.165) is 18.5 Å². The SMILES string of the molecule is COc1cccc(OC)c1-n1c(NS(=O)(=O)[C@@H](C)[C@H](C)c2cnc(C)cn2)nnc1[C@H]1CCCO1. The molecule has 188 valence electrons. The topological polar surface area (TPSA) is 130 Å². The molecule has 0 unspecified atom stereocenters. The molecule has 12 heteroatoms. The zero-order valence-electron chi connectivity index (χ0n) is 20.4. The van der Waals surface area contributed by atoms with E-state index in [1.165, 1.54) is 14.2 Å². The van der Waals surface area contributed by atoms with Gasteiger partial charge in [-0.1, -0.05) is 13.0 Å². The van der Waals surface area contributed by atoms with Crippen LogP contribution in [0.15, 0.2) is 30.6 Å². The molecule has 0 amide bonds. The molecule has 0 saturated carbocycles. The summed E-state index contributed by atoms with van der Waals surface area (Å²) < 4.78 is 48.2. The lowest BCUT2D eigenvalue weighted by Gasteiger charge is -2.22. The van der Waals surface area contributed by atoms with Crippen molar-refractivity contribution in [3.05, 3.63) is 47.8 Å². The largest absolute Gasteiger partial charge is 0.494 e. The summed E-state index contributed by atoms with van der Waals surface area (Å²) in [4.78, 5) is 8.59. The van der Waals surface area contributed by atoms with Crippen LogP contribution < -0.4 is 14.2 Å². The molecule has 2 aromatic heterocycles. The van der Waals surface area contributed by atoms with Crippen molar-refractivity contribution in [2.24, 2.45) is 0 Å². The molecule has 3 heterocycles. The molecular formula is C23H30N6O5S. The molecule has 1 aliphatic heterocycles. The maximum atomic E-state index is 13.5. The number of aryl methyl sites for hydroxylation is 1. The highest BCUT2D eigenvalue weighted by atomic mass is 32.2. The van der Waals surface area contributed by atoms with Gasteiger partial charge in [0.15, 0.2) is 5.82 Å². The second-order valence-corrected chi connectivity index (χ2v) is 10.5. The second-order valence-electron chi connectivity index (χ2n) is 8.45. The van der Waals surface area contributed by atoms with E-state index in [9.17, 15) is 8.42 Å². The lowest BCUT2D eigenvalue weighted by Crippen LogP contribution is -2.31. The van der Waals surface area contributed by atoms with Gasteiger partial charge < -0.3 is 14.2 Å². The zero-order valence-corrected chi connectivity index (χ0v) is 21.2. The van der Waals surface area contributed by atoms with Crippen LogP contribution in [0, 0.1) is 6.92 Å². The quantitative estimate of drug-likeness (QED) is 0.469. The molecule has 0 radical (unpaired) electrons. The summed E-state index contributed by atoms with van der Waals surface area (Å²) >= 11 is 0. The third kappa shape index (κ3) is 4.94. The molecule has 35 heavy (non-hydrogen) atoms. The number of hydrogen-bond acceptors (Lipinski definition) is 9. The van der Waals surface area contributed by atoms with Crippen LogP contribution in [-0.2, 0) is 14.8 Å². The van der Waals surface area contributed by atoms with Gasteiger partial charge in [-0.3, -0.25) is 19.3 Å². The van der Waals surface area contributed by atoms with E-state index in [2.05, 4.69) is 24.9 Å². The fourth-order valence-corrected chi connectivity index (χ4v) is 5.24. The highest BCUT2D eigenvalue weighted by Crippen LogP contribution is 2.39. The number of nitrogens with one attached hydrogen (secondary N) is 1. The highest BCUT2D eigenvalue weighted by molar-refractivity contribution is 7.93. The molecule has 3 aromatic rings. The van der Waals surface area contributed by atoms with Gasteiger partial charge in [-0.2, -0.15) is 0 Å². The molecule has 4 rings (SSSR count). The lowest BCUT2D eigenvalue weighted by atomic mass is 10.1. The van der Waals surface area contributed by atoms with Gasteiger partial charge in [0, 0.05) is 24.9 Å². The molecule has 1 N–H and O–H groups in total. The Labute approximate surface area is 204 Å². The number of para-hydroxylation sites is 1. The maximum absolute atomic E-state index is 13.5. The predicted octanol–water partition coefficient (Wildman–Crippen LogP) is 3.17. The number of anilines is 1. The van der Waals surface area contributed by atoms with Crippen molar-refractivity contribution in [2.75, 3.05) is 25.5 Å². The number of methoxy groups -OCH3 is 2. The fraction of sp³-hybridized carbons (Fsp3) is 0.478. The van der Waals surface area contributed by atoms with Gasteiger partial charge in [0.05, 0.1) is 30.9 Å². The minimum atomic E-state index is -3.91. The molecule has 1 aromatic carbocycles. The molecule has 1 saturated heterocycles. The first-order valence-electron chi connectivity index (χ1n) is 11.3. The number of rotatable bonds is 9. The summed E-state index contributed by atoms with van der Waals surface area (Å²) in [6.07, 6.45) is 4.49. The van der Waals surface area contributed by atoms with Crippen molar-refractivity contribution in [3.63, 3.8) is 0 Å². The van der Waals surface area contributed by atoms with Crippen LogP contribution in [0.4, 0.5) is 5.95 Å². The van der Waals surface area contributed by atoms with E-state index in [0.29, 0.717) is 35.3 Å². The number of benzene rings is 1. The van der Waals surface area contributed by atoms with E-state index >= 15 is 0 Å². The standard InChI is InChI=1S/C23H30N6O5S/c1-14-12-25-17(13-24-14)15(2)16(3)35(30,31)28-23-27-26-22(20-10-7-11-34-20)29(23)21-18(32-4)8-6-9-19(21)33-5/h6,8-9,12-13,15-16,20H,7,10-11H2,1-5H3,(H,27,28)/t15-,16-,20+/m0/s1. The van der Waals surface area contributed by atoms with E-state index < -0.39 is 21.2 Å². The van der Waals surface area contributed by atoms with Gasteiger partial charge in [-0.15, -0.1) is 10.2 Å². The smallest absolute Gasteiger partial charge is 0.243 e. The number of ether oxygens (including phenoxy) is 3. The van der Waals surface area contributed by atoms with Crippen LogP contribution in [0.1, 0.15) is 55.9 Å². The Morgan fingerprint density at radius 2 is 1.83 bits per heavy atom. The number of sulfonamides is 1. The Morgan fingerprint density at radius 1 is 1.11 bits per heavy atom. The fourth-order valence-electron chi connectivity index (χ4n) is 3.99. The monoisotopic (exact) mass is 502 g/mol. The number of aromatic nitrogens is 5. The number of nitrogens with zero attached hydrogens (tertiary/aromatic N) is 5. The third-order valence-electron chi connectivity index (χ3n) is 6.23. The summed E-state index contributed by atoms with van der Waals surface area (Å²) in [5.41, 5.74) is 1.83. The Kier molecular flexibility index (Phi) is 7.22. The lowest BCUT2D eigenvalue weighted by molar-refractivity contribution is 0.103. The van der Waals surface area contributed by atoms with Crippen molar-refractivity contribution in [1.82, 2.24) is 24.7 Å². The Bertz CT molecular complexity index is 1250. The van der Waals surface area contributed by atoms with Crippen molar-refractivity contribution >= 4 is 16.0 Å². The molecule has 0 aliphatic carbocycles. The molecule has 0 spiro atoms. The van der Waals surface area contributed by atoms with E-state index in [1.54, 1.807) is 49.0 Å². The normalized spacial score (nSPS) is 17.7. The van der Waals surface area contributed by atoms with Crippen molar-refractivity contribution < 1.29 is 22.6 Å². The summed E-state index contributed by atoms with van der Waals surface area (Å²) in [5.74, 6) is 1.01. The zero-order chi connectivity index (χ0) is 25.2. The molecule has 0 bridgehead atoms. The Balaban J connectivity index is 1.76. The molecule has 1 aliphatic rings. The average Bonchev–Trinajstić information content (AvgIpc) is 3.52. The van der Waals surface area contributed by atoms with Gasteiger partial charge >= 0.3 is 0 Å². The first kappa shape index (κ1) is 24.9. The van der Waals surface area contributed by atoms with E-state index in [1.807, 2.05) is 6.92 Å². The molecule has 11 nitrogen and oxygen atoms in total. The van der Waals surface area contributed by atoms with Crippen LogP contribution in [0.2, 0.25) is 0 Å². The van der Waals surface area contributed by atoms with Gasteiger partial charge in [-0.05, 0) is 38.8 Å². The van der Waals surface area contributed by atoms with Crippen LogP contribution in [0.3, 0.4) is 0 Å². The van der Waals surface area contributed by atoms with Crippen LogP contribution in [0.5, 0.6) is 11.5 Å². The maximum Gasteiger partial charge on any atom is 0.243 e. The Hall–Kier alpha value is -3.25. The summed E-state index contributed by atoms with van der Waals surface area (Å²) in [5, 5.41) is 7.67. The van der Waals surface area contributed by atoms with E-state index in [-0.39, 0.29) is 12.1 Å². The van der Waals surface area contributed by atoms with Gasteiger partial charge in [-0.25, -0.2) is 8.42 Å². The van der Waals surface area contributed by atoms with Crippen molar-refractivity contribution in [1.29, 1.82) is 0 Å². The van der Waals surface area contributed by atoms with Crippen molar-refractivity contribution in [2.45, 2.75) is 50.9 Å². The molecule has 3 atom stereocenters. The highest BCUT2D eigenvalue weighted by Gasteiger charge is 2.34. The third-order valence-corrected chi connectivity index (χ3v) is 8.08. The Morgan fingerprint density at radius 3 is 2.40 bits per heavy atom. The van der Waals surface area contributed by atoms with Gasteiger partial charge in [0.2, 0.25) is 16.0 Å². The summed E-state index contributed by atoms with van der Waals surface area (Å²) in [7, 11) is -0.850. The molecule has 1 fully saturated rings. The average molecular weight is 503 g/mol. The van der Waals surface area contributed by atoms with Crippen LogP contribution in [-0.4, -0.2) is 59.2 Å². The van der Waals surface area contributed by atoms with Gasteiger partial charge in [0.1, 0.15) is 23.3 Å². The van der Waals surface area contributed by atoms with Crippen LogP contribution in [0.25, 0.3) is 5.69 Å². The summed E-state index contributed by atoms with van der Waals surface area (Å²) in [6.45, 7) is 5.84. The first-order chi connectivity index (χ1) is 16.8. The second kappa shape index (κ2) is 10.2. The first-order valence-corrected chi connectivity index (χ1v) is 12.9. The minimum Gasteiger partial charge on any atom is -0.494 e. The van der Waals surface area contributed by atoms with E-state index in [4.69, 9.17) is 14.2 Å². The van der Waals surface area contributed by atoms with Gasteiger partial charge in [0.25, 0.3) is 0 Å². The van der Waals surface area contributed by atoms with Crippen molar-refractivity contribution in [3.8, 4) is 17.2 Å². The predicted molar refractivity (Wildman–Crippen MR) is 130 cm³/mol. The van der Waals surface area contributed by atoms with Crippen LogP contribution >= 0.6 is 0 Å².